The highest BCUT2D eigenvalue weighted by Crippen LogP contribution is 2.43. The number of hydrogen-bond donors (Lipinski definition) is 1. The standard InChI is InChI=1S/C23H26FN3O3S/c1-13-5-6-15(24)10-18(13)26-23(28)21-19(30-4)8-7-17-22(21)31-12-20(25-17)27-14(2)9-16(27)11-29-3/h5-8,10,14,16H,9,11-12H2,1-4H3,(H,26,28). The largest absolute Gasteiger partial charge is 0.496 e. The molecule has 8 heteroatoms. The molecular formula is C23H26FN3O3S. The van der Waals surface area contributed by atoms with Crippen LogP contribution in [0.4, 0.5) is 15.8 Å². The van der Waals surface area contributed by atoms with E-state index in [1.165, 1.54) is 19.2 Å². The Bertz CT molecular complexity index is 1040. The van der Waals surface area contributed by atoms with Crippen LogP contribution in [0.1, 0.15) is 29.3 Å². The van der Waals surface area contributed by atoms with E-state index in [1.807, 2.05) is 13.0 Å². The number of benzene rings is 2. The average molecular weight is 444 g/mol. The maximum Gasteiger partial charge on any atom is 0.260 e. The van der Waals surface area contributed by atoms with E-state index in [0.717, 1.165) is 28.4 Å². The molecule has 164 valence electrons. The number of nitrogens with zero attached hydrogens (tertiary/aromatic N) is 2. The molecule has 2 heterocycles. The monoisotopic (exact) mass is 443 g/mol. The molecule has 1 fully saturated rings. The molecule has 2 aromatic rings. The van der Waals surface area contributed by atoms with Gasteiger partial charge in [-0.1, -0.05) is 6.07 Å². The number of nitrogens with one attached hydrogen (secondary N) is 1. The second-order valence-electron chi connectivity index (χ2n) is 7.82. The van der Waals surface area contributed by atoms with Gasteiger partial charge in [0.15, 0.2) is 0 Å². The molecule has 2 aromatic carbocycles. The number of ether oxygens (including phenoxy) is 2. The van der Waals surface area contributed by atoms with Crippen LogP contribution in [0.2, 0.25) is 0 Å². The van der Waals surface area contributed by atoms with Crippen LogP contribution in [0.15, 0.2) is 40.2 Å². The number of carbonyl (C=O) groups excluding carboxylic acids is 1. The summed E-state index contributed by atoms with van der Waals surface area (Å²) in [5.41, 5.74) is 2.37. The SMILES string of the molecule is COCC1CC(C)N1C1=Nc2ccc(OC)c(C(=O)Nc3cc(F)ccc3C)c2SC1. The minimum absolute atomic E-state index is 0.331. The number of anilines is 1. The molecule has 0 aromatic heterocycles. The number of amides is 1. The number of methoxy groups -OCH3 is 2. The van der Waals surface area contributed by atoms with Gasteiger partial charge in [0.2, 0.25) is 0 Å². The zero-order chi connectivity index (χ0) is 22.1. The van der Waals surface area contributed by atoms with Crippen LogP contribution >= 0.6 is 11.8 Å². The lowest BCUT2D eigenvalue weighted by Gasteiger charge is -2.49. The molecule has 1 amide bonds. The van der Waals surface area contributed by atoms with Crippen molar-refractivity contribution in [1.82, 2.24) is 4.90 Å². The summed E-state index contributed by atoms with van der Waals surface area (Å²) in [5.74, 6) is 1.37. The van der Waals surface area contributed by atoms with Crippen molar-refractivity contribution in [2.24, 2.45) is 4.99 Å². The molecule has 6 nitrogen and oxygen atoms in total. The number of aliphatic imine (C=N–C) groups is 1. The Labute approximate surface area is 185 Å². The van der Waals surface area contributed by atoms with E-state index in [0.29, 0.717) is 41.4 Å². The Morgan fingerprint density at radius 1 is 1.32 bits per heavy atom. The Kier molecular flexibility index (Phi) is 6.20. The quantitative estimate of drug-likeness (QED) is 0.729. The van der Waals surface area contributed by atoms with E-state index in [1.54, 1.807) is 31.0 Å². The first kappa shape index (κ1) is 21.6. The lowest BCUT2D eigenvalue weighted by molar-refractivity contribution is 0.0346. The highest BCUT2D eigenvalue weighted by atomic mass is 32.2. The van der Waals surface area contributed by atoms with Crippen molar-refractivity contribution in [2.75, 3.05) is 31.9 Å². The lowest BCUT2D eigenvalue weighted by Crippen LogP contribution is -2.59. The number of amidine groups is 1. The van der Waals surface area contributed by atoms with Crippen LogP contribution in [-0.4, -0.2) is 55.3 Å². The zero-order valence-electron chi connectivity index (χ0n) is 18.1. The Morgan fingerprint density at radius 2 is 2.13 bits per heavy atom. The third-order valence-corrected chi connectivity index (χ3v) is 6.83. The van der Waals surface area contributed by atoms with Gasteiger partial charge in [-0.15, -0.1) is 11.8 Å². The molecule has 4 rings (SSSR count). The van der Waals surface area contributed by atoms with Crippen LogP contribution in [-0.2, 0) is 4.74 Å². The van der Waals surface area contributed by atoms with Gasteiger partial charge in [-0.05, 0) is 50.1 Å². The van der Waals surface area contributed by atoms with E-state index < -0.39 is 5.82 Å². The molecule has 0 saturated carbocycles. The molecule has 31 heavy (non-hydrogen) atoms. The normalized spacial score (nSPS) is 19.9. The zero-order valence-corrected chi connectivity index (χ0v) is 18.9. The van der Waals surface area contributed by atoms with Crippen LogP contribution in [0.3, 0.4) is 0 Å². The van der Waals surface area contributed by atoms with Crippen molar-refractivity contribution in [2.45, 2.75) is 37.2 Å². The van der Waals surface area contributed by atoms with Crippen molar-refractivity contribution < 1.29 is 18.7 Å². The van der Waals surface area contributed by atoms with Crippen molar-refractivity contribution in [3.8, 4) is 5.75 Å². The first-order valence-corrected chi connectivity index (χ1v) is 11.2. The maximum absolute atomic E-state index is 13.7. The molecule has 1 saturated heterocycles. The van der Waals surface area contributed by atoms with Gasteiger partial charge >= 0.3 is 0 Å². The molecule has 2 aliphatic rings. The topological polar surface area (TPSA) is 63.2 Å². The number of aryl methyl sites for hydroxylation is 1. The fraction of sp³-hybridized carbons (Fsp3) is 0.391. The van der Waals surface area contributed by atoms with E-state index >= 15 is 0 Å². The van der Waals surface area contributed by atoms with Crippen LogP contribution in [0.5, 0.6) is 5.75 Å². The van der Waals surface area contributed by atoms with E-state index in [4.69, 9.17) is 14.5 Å². The van der Waals surface area contributed by atoms with Gasteiger partial charge in [-0.2, -0.15) is 0 Å². The number of rotatable bonds is 5. The second-order valence-corrected chi connectivity index (χ2v) is 8.81. The molecule has 1 N–H and O–H groups in total. The average Bonchev–Trinajstić information content (AvgIpc) is 2.75. The number of carbonyl (C=O) groups is 1. The predicted octanol–water partition coefficient (Wildman–Crippen LogP) is 4.64. The third-order valence-electron chi connectivity index (χ3n) is 5.73. The fourth-order valence-electron chi connectivity index (χ4n) is 4.18. The molecular weight excluding hydrogens is 417 g/mol. The van der Waals surface area contributed by atoms with Gasteiger partial charge in [0.05, 0.1) is 41.7 Å². The van der Waals surface area contributed by atoms with Gasteiger partial charge in [0.1, 0.15) is 17.4 Å². The molecule has 2 unspecified atom stereocenters. The van der Waals surface area contributed by atoms with Gasteiger partial charge < -0.3 is 19.7 Å². The lowest BCUT2D eigenvalue weighted by atomic mass is 9.94. The molecule has 0 aliphatic carbocycles. The second kappa shape index (κ2) is 8.88. The predicted molar refractivity (Wildman–Crippen MR) is 121 cm³/mol. The van der Waals surface area contributed by atoms with Crippen LogP contribution < -0.4 is 10.1 Å². The van der Waals surface area contributed by atoms with Crippen molar-refractivity contribution >= 4 is 34.9 Å². The third kappa shape index (κ3) is 4.14. The van der Waals surface area contributed by atoms with E-state index in [2.05, 4.69) is 17.1 Å². The highest BCUT2D eigenvalue weighted by molar-refractivity contribution is 8.00. The number of likely N-dealkylation sites (tertiary alicyclic amines) is 1. The summed E-state index contributed by atoms with van der Waals surface area (Å²) < 4.78 is 24.5. The summed E-state index contributed by atoms with van der Waals surface area (Å²) >= 11 is 1.57. The van der Waals surface area contributed by atoms with Crippen LogP contribution in [0, 0.1) is 12.7 Å². The summed E-state index contributed by atoms with van der Waals surface area (Å²) in [6.45, 7) is 4.68. The number of halogens is 1. The first-order valence-electron chi connectivity index (χ1n) is 10.2. The van der Waals surface area contributed by atoms with Crippen molar-refractivity contribution in [3.05, 3.63) is 47.3 Å². The molecule has 2 atom stereocenters. The summed E-state index contributed by atoms with van der Waals surface area (Å²) in [6.07, 6.45) is 1.08. The van der Waals surface area contributed by atoms with Gasteiger partial charge in [-0.25, -0.2) is 9.38 Å². The summed E-state index contributed by atoms with van der Waals surface area (Å²) in [6, 6.07) is 8.70. The van der Waals surface area contributed by atoms with E-state index in [9.17, 15) is 9.18 Å². The molecule has 2 aliphatic heterocycles. The first-order chi connectivity index (χ1) is 14.9. The number of fused-ring (bicyclic) bond motifs is 1. The van der Waals surface area contributed by atoms with Crippen LogP contribution in [0.25, 0.3) is 0 Å². The molecule has 0 bridgehead atoms. The summed E-state index contributed by atoms with van der Waals surface area (Å²) in [4.78, 5) is 21.2. The Balaban J connectivity index is 1.67. The Morgan fingerprint density at radius 3 is 2.84 bits per heavy atom. The smallest absolute Gasteiger partial charge is 0.260 e. The van der Waals surface area contributed by atoms with Crippen molar-refractivity contribution in [1.29, 1.82) is 0 Å². The minimum atomic E-state index is -0.402. The maximum atomic E-state index is 13.7. The minimum Gasteiger partial charge on any atom is -0.496 e. The molecule has 0 radical (unpaired) electrons. The fourth-order valence-corrected chi connectivity index (χ4v) is 5.26. The van der Waals surface area contributed by atoms with E-state index in [-0.39, 0.29) is 5.91 Å². The number of thioether (sulfide) groups is 1. The Hall–Kier alpha value is -2.58. The summed E-state index contributed by atoms with van der Waals surface area (Å²) in [7, 11) is 3.25. The van der Waals surface area contributed by atoms with Gasteiger partial charge in [-0.3, -0.25) is 4.79 Å². The number of hydrogen-bond acceptors (Lipinski definition) is 6. The summed E-state index contributed by atoms with van der Waals surface area (Å²) in [5, 5.41) is 2.83. The van der Waals surface area contributed by atoms with Crippen molar-refractivity contribution in [3.63, 3.8) is 0 Å². The highest BCUT2D eigenvalue weighted by Gasteiger charge is 2.38. The molecule has 0 spiro atoms. The van der Waals surface area contributed by atoms with Gasteiger partial charge in [0.25, 0.3) is 5.91 Å². The van der Waals surface area contributed by atoms with Gasteiger partial charge in [0, 0.05) is 18.8 Å².